The zero-order valence-electron chi connectivity index (χ0n) is 11.8. The SMILES string of the molecule is CNCC1CN(C)CCC(C)N1c1ccccc1. The van der Waals surface area contributed by atoms with Crippen LogP contribution in [0.1, 0.15) is 13.3 Å². The Labute approximate surface area is 111 Å². The molecule has 0 saturated carbocycles. The second-order valence-corrected chi connectivity index (χ2v) is 5.35. The van der Waals surface area contributed by atoms with Gasteiger partial charge in [0.25, 0.3) is 0 Å². The predicted molar refractivity (Wildman–Crippen MR) is 78.2 cm³/mol. The Morgan fingerprint density at radius 1 is 1.28 bits per heavy atom. The summed E-state index contributed by atoms with van der Waals surface area (Å²) in [6.07, 6.45) is 1.23. The second kappa shape index (κ2) is 6.21. The van der Waals surface area contributed by atoms with Crippen LogP contribution in [0.15, 0.2) is 30.3 Å². The zero-order chi connectivity index (χ0) is 13.0. The summed E-state index contributed by atoms with van der Waals surface area (Å²) in [6.45, 7) is 5.68. The molecule has 0 amide bonds. The van der Waals surface area contributed by atoms with Crippen LogP contribution in [0.5, 0.6) is 0 Å². The van der Waals surface area contributed by atoms with Crippen molar-refractivity contribution in [1.82, 2.24) is 10.2 Å². The van der Waals surface area contributed by atoms with E-state index in [9.17, 15) is 0 Å². The van der Waals surface area contributed by atoms with E-state index in [-0.39, 0.29) is 0 Å². The molecule has 2 rings (SSSR count). The van der Waals surface area contributed by atoms with Crippen molar-refractivity contribution in [3.63, 3.8) is 0 Å². The summed E-state index contributed by atoms with van der Waals surface area (Å²) in [5.74, 6) is 0. The number of likely N-dealkylation sites (N-methyl/N-ethyl adjacent to an activating group) is 2. The van der Waals surface area contributed by atoms with Gasteiger partial charge in [0.15, 0.2) is 0 Å². The maximum atomic E-state index is 3.34. The quantitative estimate of drug-likeness (QED) is 0.879. The molecule has 0 radical (unpaired) electrons. The van der Waals surface area contributed by atoms with Gasteiger partial charge in [-0.3, -0.25) is 0 Å². The molecule has 1 aliphatic rings. The molecule has 3 heteroatoms. The van der Waals surface area contributed by atoms with E-state index >= 15 is 0 Å². The summed E-state index contributed by atoms with van der Waals surface area (Å²) in [5, 5.41) is 3.34. The van der Waals surface area contributed by atoms with Gasteiger partial charge >= 0.3 is 0 Å². The van der Waals surface area contributed by atoms with Crippen LogP contribution in [0.2, 0.25) is 0 Å². The topological polar surface area (TPSA) is 18.5 Å². The average molecular weight is 247 g/mol. The Morgan fingerprint density at radius 3 is 2.67 bits per heavy atom. The number of nitrogens with zero attached hydrogens (tertiary/aromatic N) is 2. The van der Waals surface area contributed by atoms with Crippen molar-refractivity contribution in [3.8, 4) is 0 Å². The van der Waals surface area contributed by atoms with Crippen LogP contribution in [0.4, 0.5) is 5.69 Å². The Kier molecular flexibility index (Phi) is 4.61. The first-order chi connectivity index (χ1) is 8.72. The second-order valence-electron chi connectivity index (χ2n) is 5.35. The number of hydrogen-bond acceptors (Lipinski definition) is 3. The van der Waals surface area contributed by atoms with E-state index in [1.807, 2.05) is 7.05 Å². The first kappa shape index (κ1) is 13.4. The maximum absolute atomic E-state index is 3.34. The summed E-state index contributed by atoms with van der Waals surface area (Å²) < 4.78 is 0. The molecule has 3 nitrogen and oxygen atoms in total. The maximum Gasteiger partial charge on any atom is 0.0544 e. The molecule has 0 aromatic heterocycles. The van der Waals surface area contributed by atoms with Gasteiger partial charge in [0.05, 0.1) is 6.04 Å². The molecule has 1 fully saturated rings. The Morgan fingerprint density at radius 2 is 2.00 bits per heavy atom. The Balaban J connectivity index is 2.25. The largest absolute Gasteiger partial charge is 0.363 e. The van der Waals surface area contributed by atoms with E-state index < -0.39 is 0 Å². The molecular weight excluding hydrogens is 222 g/mol. The summed E-state index contributed by atoms with van der Waals surface area (Å²) >= 11 is 0. The molecule has 1 heterocycles. The molecule has 1 N–H and O–H groups in total. The third kappa shape index (κ3) is 3.03. The molecule has 2 atom stereocenters. The summed E-state index contributed by atoms with van der Waals surface area (Å²) in [7, 11) is 4.27. The molecular formula is C15H25N3. The van der Waals surface area contributed by atoms with Crippen molar-refractivity contribution in [3.05, 3.63) is 30.3 Å². The van der Waals surface area contributed by atoms with E-state index in [1.54, 1.807) is 0 Å². The normalized spacial score (nSPS) is 26.1. The van der Waals surface area contributed by atoms with Gasteiger partial charge in [0.2, 0.25) is 0 Å². The number of para-hydroxylation sites is 1. The summed E-state index contributed by atoms with van der Waals surface area (Å²) in [4.78, 5) is 5.03. The predicted octanol–water partition coefficient (Wildman–Crippen LogP) is 1.80. The van der Waals surface area contributed by atoms with Crippen LogP contribution in [0, 0.1) is 0 Å². The van der Waals surface area contributed by atoms with Crippen molar-refractivity contribution in [1.29, 1.82) is 0 Å². The van der Waals surface area contributed by atoms with E-state index in [2.05, 4.69) is 59.4 Å². The number of hydrogen-bond donors (Lipinski definition) is 1. The third-order valence-corrected chi connectivity index (χ3v) is 3.81. The van der Waals surface area contributed by atoms with Crippen molar-refractivity contribution < 1.29 is 0 Å². The first-order valence-electron chi connectivity index (χ1n) is 6.89. The fraction of sp³-hybridized carbons (Fsp3) is 0.600. The summed E-state index contributed by atoms with van der Waals surface area (Å²) in [5.41, 5.74) is 1.35. The Bertz CT molecular complexity index is 352. The number of rotatable bonds is 3. The van der Waals surface area contributed by atoms with Gasteiger partial charge < -0.3 is 15.1 Å². The molecule has 2 unspecified atom stereocenters. The highest BCUT2D eigenvalue weighted by atomic mass is 15.3. The van der Waals surface area contributed by atoms with E-state index in [0.29, 0.717) is 12.1 Å². The van der Waals surface area contributed by atoms with Crippen LogP contribution < -0.4 is 10.2 Å². The van der Waals surface area contributed by atoms with E-state index in [1.165, 1.54) is 18.7 Å². The fourth-order valence-electron chi connectivity index (χ4n) is 2.91. The van der Waals surface area contributed by atoms with Crippen molar-refractivity contribution in [2.75, 3.05) is 38.6 Å². The fourth-order valence-corrected chi connectivity index (χ4v) is 2.91. The van der Waals surface area contributed by atoms with Crippen molar-refractivity contribution >= 4 is 5.69 Å². The highest BCUT2D eigenvalue weighted by Gasteiger charge is 2.27. The molecule has 1 saturated heterocycles. The molecule has 100 valence electrons. The lowest BCUT2D eigenvalue weighted by Gasteiger charge is -2.37. The lowest BCUT2D eigenvalue weighted by Crippen LogP contribution is -2.49. The Hall–Kier alpha value is -1.06. The van der Waals surface area contributed by atoms with Crippen molar-refractivity contribution in [2.24, 2.45) is 0 Å². The van der Waals surface area contributed by atoms with Gasteiger partial charge in [-0.25, -0.2) is 0 Å². The molecule has 18 heavy (non-hydrogen) atoms. The van der Waals surface area contributed by atoms with Crippen molar-refractivity contribution in [2.45, 2.75) is 25.4 Å². The molecule has 1 aromatic carbocycles. The minimum atomic E-state index is 0.542. The van der Waals surface area contributed by atoms with Crippen LogP contribution in [0.25, 0.3) is 0 Å². The smallest absolute Gasteiger partial charge is 0.0544 e. The van der Waals surface area contributed by atoms with Crippen LogP contribution in [-0.2, 0) is 0 Å². The lowest BCUT2D eigenvalue weighted by atomic mass is 10.1. The van der Waals surface area contributed by atoms with Gasteiger partial charge in [0, 0.05) is 24.8 Å². The highest BCUT2D eigenvalue weighted by molar-refractivity contribution is 5.48. The lowest BCUT2D eigenvalue weighted by molar-refractivity contribution is 0.328. The minimum absolute atomic E-state index is 0.542. The van der Waals surface area contributed by atoms with Crippen LogP contribution in [-0.4, -0.2) is 50.7 Å². The van der Waals surface area contributed by atoms with Gasteiger partial charge in [-0.15, -0.1) is 0 Å². The van der Waals surface area contributed by atoms with E-state index in [4.69, 9.17) is 0 Å². The molecule has 1 aliphatic heterocycles. The van der Waals surface area contributed by atoms with Gasteiger partial charge in [-0.05, 0) is 46.1 Å². The number of nitrogens with one attached hydrogen (secondary N) is 1. The third-order valence-electron chi connectivity index (χ3n) is 3.81. The minimum Gasteiger partial charge on any atom is -0.363 e. The summed E-state index contributed by atoms with van der Waals surface area (Å²) in [6, 6.07) is 11.9. The highest BCUT2D eigenvalue weighted by Crippen LogP contribution is 2.23. The molecule has 0 aliphatic carbocycles. The van der Waals surface area contributed by atoms with Gasteiger partial charge in [0.1, 0.15) is 0 Å². The van der Waals surface area contributed by atoms with Gasteiger partial charge in [-0.2, -0.15) is 0 Å². The molecule has 0 spiro atoms. The van der Waals surface area contributed by atoms with Gasteiger partial charge in [-0.1, -0.05) is 18.2 Å². The zero-order valence-corrected chi connectivity index (χ0v) is 11.8. The van der Waals surface area contributed by atoms with E-state index in [0.717, 1.165) is 13.1 Å². The van der Waals surface area contributed by atoms with Crippen LogP contribution in [0.3, 0.4) is 0 Å². The monoisotopic (exact) mass is 247 g/mol. The van der Waals surface area contributed by atoms with Crippen LogP contribution >= 0.6 is 0 Å². The standard InChI is InChI=1S/C15H25N3/c1-13-9-10-17(3)12-15(11-16-2)18(13)14-7-5-4-6-8-14/h4-8,13,15-16H,9-12H2,1-3H3. The molecule has 0 bridgehead atoms. The number of benzene rings is 1. The average Bonchev–Trinajstić information content (AvgIpc) is 2.51. The molecule has 1 aromatic rings. The first-order valence-corrected chi connectivity index (χ1v) is 6.89. The number of anilines is 1.